The molecule has 1 aromatic rings. The van der Waals surface area contributed by atoms with Gasteiger partial charge in [0.05, 0.1) is 14.2 Å². The van der Waals surface area contributed by atoms with Crippen LogP contribution in [-0.4, -0.2) is 54.8 Å². The van der Waals surface area contributed by atoms with Crippen molar-refractivity contribution in [2.24, 2.45) is 0 Å². The molecule has 0 aliphatic carbocycles. The average Bonchev–Trinajstić information content (AvgIpc) is 2.74. The van der Waals surface area contributed by atoms with Crippen molar-refractivity contribution in [3.05, 3.63) is 12.0 Å². The average molecular weight is 301 g/mol. The summed E-state index contributed by atoms with van der Waals surface area (Å²) in [6.07, 6.45) is 1.37. The van der Waals surface area contributed by atoms with Gasteiger partial charge in [0.15, 0.2) is 17.3 Å². The third-order valence-electron chi connectivity index (χ3n) is 2.64. The van der Waals surface area contributed by atoms with E-state index in [1.54, 1.807) is 0 Å². The van der Waals surface area contributed by atoms with Crippen LogP contribution in [0.25, 0.3) is 0 Å². The molecular formula is C11H15N3O3S2. The molecule has 0 spiro atoms. The molecule has 0 atom stereocenters. The van der Waals surface area contributed by atoms with Gasteiger partial charge in [-0.2, -0.15) is 0 Å². The lowest BCUT2D eigenvalue weighted by Gasteiger charge is -2.23. The predicted molar refractivity (Wildman–Crippen MR) is 77.1 cm³/mol. The van der Waals surface area contributed by atoms with Gasteiger partial charge in [0.25, 0.3) is 0 Å². The Morgan fingerprint density at radius 3 is 2.53 bits per heavy atom. The van der Waals surface area contributed by atoms with Gasteiger partial charge in [-0.25, -0.2) is 14.8 Å². The summed E-state index contributed by atoms with van der Waals surface area (Å²) in [7, 11) is 6.52. The summed E-state index contributed by atoms with van der Waals surface area (Å²) in [5, 5.41) is 0. The molecule has 1 aliphatic rings. The lowest BCUT2D eigenvalue weighted by molar-refractivity contribution is 0.0589. The number of hydrogen-bond donors (Lipinski definition) is 0. The number of rotatable bonds is 3. The molecule has 0 radical (unpaired) electrons. The van der Waals surface area contributed by atoms with Crippen LogP contribution >= 0.6 is 21.6 Å². The van der Waals surface area contributed by atoms with Crippen LogP contribution in [0.1, 0.15) is 10.5 Å². The monoisotopic (exact) mass is 301 g/mol. The van der Waals surface area contributed by atoms with Crippen molar-refractivity contribution >= 4 is 33.4 Å². The minimum atomic E-state index is -0.515. The zero-order valence-electron chi connectivity index (χ0n) is 10.8. The smallest absolute Gasteiger partial charge is 0.360 e. The largest absolute Gasteiger partial charge is 0.491 e. The highest BCUT2D eigenvalue weighted by Gasteiger charge is 2.23. The van der Waals surface area contributed by atoms with Crippen molar-refractivity contribution in [2.45, 2.75) is 0 Å². The lowest BCUT2D eigenvalue weighted by atomic mass is 10.3. The standard InChI is InChI=1S/C11H15N3O3S2/c1-16-9-8(11(15)17-2)12-7-13-10(9)14-3-5-18-19-6-4-14/h7H,3-6H2,1-2H3. The van der Waals surface area contributed by atoms with E-state index >= 15 is 0 Å². The Morgan fingerprint density at radius 1 is 1.26 bits per heavy atom. The number of anilines is 1. The Labute approximate surface area is 119 Å². The Kier molecular flexibility index (Phi) is 5.15. The molecule has 0 bridgehead atoms. The van der Waals surface area contributed by atoms with Crippen LogP contribution in [0.2, 0.25) is 0 Å². The summed E-state index contributed by atoms with van der Waals surface area (Å²) in [6.45, 7) is 1.73. The van der Waals surface area contributed by atoms with E-state index in [2.05, 4.69) is 14.9 Å². The van der Waals surface area contributed by atoms with Crippen molar-refractivity contribution in [3.63, 3.8) is 0 Å². The molecule has 0 unspecified atom stereocenters. The highest BCUT2D eigenvalue weighted by molar-refractivity contribution is 8.76. The van der Waals surface area contributed by atoms with E-state index in [9.17, 15) is 4.79 Å². The maximum atomic E-state index is 11.7. The second-order valence-corrected chi connectivity index (χ2v) is 6.40. The molecule has 1 aliphatic heterocycles. The molecule has 1 saturated heterocycles. The minimum absolute atomic E-state index is 0.166. The first-order valence-electron chi connectivity index (χ1n) is 5.74. The maximum absolute atomic E-state index is 11.7. The fourth-order valence-corrected chi connectivity index (χ4v) is 3.74. The van der Waals surface area contributed by atoms with E-state index in [-0.39, 0.29) is 5.69 Å². The van der Waals surface area contributed by atoms with Gasteiger partial charge < -0.3 is 14.4 Å². The van der Waals surface area contributed by atoms with Crippen LogP contribution in [0, 0.1) is 0 Å². The number of carbonyl (C=O) groups excluding carboxylic acids is 1. The van der Waals surface area contributed by atoms with Gasteiger partial charge in [0, 0.05) is 24.6 Å². The molecule has 0 saturated carbocycles. The van der Waals surface area contributed by atoms with E-state index in [0.29, 0.717) is 11.6 Å². The highest BCUT2D eigenvalue weighted by Crippen LogP contribution is 2.32. The summed E-state index contributed by atoms with van der Waals surface area (Å²) in [6, 6.07) is 0. The van der Waals surface area contributed by atoms with Crippen LogP contribution in [-0.2, 0) is 4.74 Å². The van der Waals surface area contributed by atoms with E-state index in [0.717, 1.165) is 24.6 Å². The van der Waals surface area contributed by atoms with Crippen LogP contribution in [0.5, 0.6) is 5.75 Å². The molecule has 0 N–H and O–H groups in total. The number of methoxy groups -OCH3 is 2. The second kappa shape index (κ2) is 6.85. The number of ether oxygens (including phenoxy) is 2. The normalized spacial score (nSPS) is 15.8. The molecule has 8 heteroatoms. The van der Waals surface area contributed by atoms with Gasteiger partial charge in [0.2, 0.25) is 0 Å². The van der Waals surface area contributed by atoms with Gasteiger partial charge in [-0.05, 0) is 0 Å². The molecule has 2 heterocycles. The van der Waals surface area contributed by atoms with Crippen molar-refractivity contribution in [1.82, 2.24) is 9.97 Å². The Hall–Kier alpha value is -1.15. The van der Waals surface area contributed by atoms with Crippen molar-refractivity contribution in [2.75, 3.05) is 43.7 Å². The van der Waals surface area contributed by atoms with Crippen molar-refractivity contribution < 1.29 is 14.3 Å². The Morgan fingerprint density at radius 2 is 1.95 bits per heavy atom. The zero-order valence-corrected chi connectivity index (χ0v) is 12.4. The first-order chi connectivity index (χ1) is 9.27. The molecule has 19 heavy (non-hydrogen) atoms. The first kappa shape index (κ1) is 14.3. The number of carbonyl (C=O) groups is 1. The topological polar surface area (TPSA) is 64.5 Å². The lowest BCUT2D eigenvalue weighted by Crippen LogP contribution is -2.28. The van der Waals surface area contributed by atoms with Gasteiger partial charge in [-0.1, -0.05) is 21.6 Å². The summed E-state index contributed by atoms with van der Waals surface area (Å²) in [5.74, 6) is 2.53. The van der Waals surface area contributed by atoms with E-state index < -0.39 is 5.97 Å². The Bertz CT molecular complexity index is 451. The third kappa shape index (κ3) is 3.24. The molecular weight excluding hydrogens is 286 g/mol. The van der Waals surface area contributed by atoms with Crippen molar-refractivity contribution in [3.8, 4) is 5.75 Å². The van der Waals surface area contributed by atoms with Crippen LogP contribution < -0.4 is 9.64 Å². The number of hydrogen-bond acceptors (Lipinski definition) is 8. The van der Waals surface area contributed by atoms with Gasteiger partial charge in [-0.15, -0.1) is 0 Å². The fraction of sp³-hybridized carbons (Fsp3) is 0.545. The van der Waals surface area contributed by atoms with Gasteiger partial charge in [0.1, 0.15) is 6.33 Å². The molecule has 1 fully saturated rings. The highest BCUT2D eigenvalue weighted by atomic mass is 33.1. The molecule has 104 valence electrons. The molecule has 2 rings (SSSR count). The zero-order chi connectivity index (χ0) is 13.7. The quantitative estimate of drug-likeness (QED) is 0.614. The third-order valence-corrected chi connectivity index (χ3v) is 5.00. The number of nitrogens with zero attached hydrogens (tertiary/aromatic N) is 3. The molecule has 1 aromatic heterocycles. The van der Waals surface area contributed by atoms with E-state index in [4.69, 9.17) is 9.47 Å². The predicted octanol–water partition coefficient (Wildman–Crippen LogP) is 1.47. The second-order valence-electron chi connectivity index (χ2n) is 3.70. The fourth-order valence-electron chi connectivity index (χ4n) is 1.76. The molecule has 0 amide bonds. The maximum Gasteiger partial charge on any atom is 0.360 e. The van der Waals surface area contributed by atoms with Gasteiger partial charge in [-0.3, -0.25) is 0 Å². The van der Waals surface area contributed by atoms with Crippen LogP contribution in [0.3, 0.4) is 0 Å². The summed E-state index contributed by atoms with van der Waals surface area (Å²) < 4.78 is 10.0. The molecule has 0 aromatic carbocycles. The SMILES string of the molecule is COC(=O)c1ncnc(N2CCSSCC2)c1OC. The van der Waals surface area contributed by atoms with Gasteiger partial charge >= 0.3 is 5.97 Å². The summed E-state index contributed by atoms with van der Waals surface area (Å²) >= 11 is 0. The number of esters is 1. The van der Waals surface area contributed by atoms with Crippen LogP contribution in [0.15, 0.2) is 6.33 Å². The van der Waals surface area contributed by atoms with Crippen molar-refractivity contribution in [1.29, 1.82) is 0 Å². The molecule has 6 nitrogen and oxygen atoms in total. The summed E-state index contributed by atoms with van der Waals surface area (Å²) in [5.41, 5.74) is 0.166. The van der Waals surface area contributed by atoms with E-state index in [1.807, 2.05) is 21.6 Å². The summed E-state index contributed by atoms with van der Waals surface area (Å²) in [4.78, 5) is 22.0. The van der Waals surface area contributed by atoms with Crippen LogP contribution in [0.4, 0.5) is 5.82 Å². The minimum Gasteiger partial charge on any atom is -0.491 e. The number of aromatic nitrogens is 2. The van der Waals surface area contributed by atoms with E-state index in [1.165, 1.54) is 20.5 Å². The first-order valence-corrected chi connectivity index (χ1v) is 8.23. The Balaban J connectivity index is 2.35.